The highest BCUT2D eigenvalue weighted by Gasteiger charge is 2.29. The van der Waals surface area contributed by atoms with E-state index in [0.29, 0.717) is 0 Å². The summed E-state index contributed by atoms with van der Waals surface area (Å²) in [5.41, 5.74) is 1.85. The lowest BCUT2D eigenvalue weighted by molar-refractivity contribution is 0.0610. The Morgan fingerprint density at radius 3 is 2.71 bits per heavy atom. The molecule has 3 nitrogen and oxygen atoms in total. The third kappa shape index (κ3) is 3.00. The van der Waals surface area contributed by atoms with Gasteiger partial charge in [0.1, 0.15) is 4.60 Å². The molecule has 0 bridgehead atoms. The average molecular weight is 345 g/mol. The molecule has 108 valence electrons. The zero-order chi connectivity index (χ0) is 14.7. The molecule has 3 rings (SSSR count). The van der Waals surface area contributed by atoms with E-state index in [2.05, 4.69) is 27.0 Å². The van der Waals surface area contributed by atoms with Gasteiger partial charge in [-0.15, -0.1) is 0 Å². The topological polar surface area (TPSA) is 33.2 Å². The van der Waals surface area contributed by atoms with Crippen LogP contribution in [0, 0.1) is 0 Å². The predicted octanol–water partition coefficient (Wildman–Crippen LogP) is 4.21. The monoisotopic (exact) mass is 344 g/mol. The normalized spacial score (nSPS) is 18.5. The second kappa shape index (κ2) is 6.39. The average Bonchev–Trinajstić information content (AvgIpc) is 2.55. The van der Waals surface area contributed by atoms with E-state index in [1.165, 1.54) is 0 Å². The van der Waals surface area contributed by atoms with Crippen LogP contribution in [0.5, 0.6) is 0 Å². The molecule has 0 saturated carbocycles. The summed E-state index contributed by atoms with van der Waals surface area (Å²) in [7, 11) is 0. The van der Waals surface area contributed by atoms with Gasteiger partial charge in [-0.1, -0.05) is 24.3 Å². The Kier molecular flexibility index (Phi) is 4.34. The van der Waals surface area contributed by atoms with Crippen molar-refractivity contribution in [1.29, 1.82) is 0 Å². The van der Waals surface area contributed by atoms with Gasteiger partial charge in [0.15, 0.2) is 0 Å². The number of nitrogens with zero attached hydrogens (tertiary/aromatic N) is 2. The van der Waals surface area contributed by atoms with Gasteiger partial charge in [-0.3, -0.25) is 4.79 Å². The molecule has 4 heteroatoms. The van der Waals surface area contributed by atoms with Gasteiger partial charge in [0.25, 0.3) is 5.91 Å². The fraction of sp³-hybridized carbons (Fsp3) is 0.294. The Bertz CT molecular complexity index is 630. The summed E-state index contributed by atoms with van der Waals surface area (Å²) >= 11 is 3.52. The van der Waals surface area contributed by atoms with Crippen LogP contribution in [0.1, 0.15) is 41.2 Å². The Morgan fingerprint density at radius 1 is 1.14 bits per heavy atom. The molecule has 2 aromatic rings. The molecule has 0 radical (unpaired) electrons. The van der Waals surface area contributed by atoms with Gasteiger partial charge < -0.3 is 4.90 Å². The molecule has 1 aromatic heterocycles. The maximum absolute atomic E-state index is 12.8. The number of halogens is 1. The summed E-state index contributed by atoms with van der Waals surface area (Å²) in [5.74, 6) is 0.107. The first-order chi connectivity index (χ1) is 10.3. The van der Waals surface area contributed by atoms with Crippen LogP contribution in [0.4, 0.5) is 0 Å². The molecule has 1 atom stereocenters. The number of carbonyl (C=O) groups is 1. The van der Waals surface area contributed by atoms with Gasteiger partial charge in [-0.05, 0) is 53.4 Å². The third-order valence-corrected chi connectivity index (χ3v) is 4.59. The van der Waals surface area contributed by atoms with Gasteiger partial charge in [0.05, 0.1) is 6.04 Å². The van der Waals surface area contributed by atoms with Crippen LogP contribution in [0.3, 0.4) is 0 Å². The van der Waals surface area contributed by atoms with Gasteiger partial charge in [-0.2, -0.15) is 0 Å². The molecule has 0 unspecified atom stereocenters. The molecule has 1 amide bonds. The first-order valence-electron chi connectivity index (χ1n) is 7.24. The van der Waals surface area contributed by atoms with Crippen molar-refractivity contribution in [1.82, 2.24) is 9.88 Å². The Hall–Kier alpha value is -1.68. The fourth-order valence-corrected chi connectivity index (χ4v) is 3.41. The second-order valence-corrected chi connectivity index (χ2v) is 6.01. The van der Waals surface area contributed by atoms with Crippen LogP contribution in [-0.4, -0.2) is 22.3 Å². The minimum Gasteiger partial charge on any atom is -0.332 e. The zero-order valence-corrected chi connectivity index (χ0v) is 13.3. The Labute approximate surface area is 133 Å². The lowest BCUT2D eigenvalue weighted by atomic mass is 9.95. The van der Waals surface area contributed by atoms with Crippen molar-refractivity contribution in [2.24, 2.45) is 0 Å². The lowest BCUT2D eigenvalue weighted by Crippen LogP contribution is -2.38. The fourth-order valence-electron chi connectivity index (χ4n) is 2.89. The summed E-state index contributed by atoms with van der Waals surface area (Å²) in [6, 6.07) is 13.6. The maximum Gasteiger partial charge on any atom is 0.254 e. The van der Waals surface area contributed by atoms with E-state index in [9.17, 15) is 4.79 Å². The number of rotatable bonds is 2. The number of piperidine rings is 1. The Balaban J connectivity index is 1.92. The predicted molar refractivity (Wildman–Crippen MR) is 86.0 cm³/mol. The number of pyridine rings is 1. The van der Waals surface area contributed by atoms with Crippen molar-refractivity contribution in [2.45, 2.75) is 25.3 Å². The SMILES string of the molecule is O=C(c1ccccc1)N1CCCC[C@H]1c1cccnc1Br. The molecule has 21 heavy (non-hydrogen) atoms. The van der Waals surface area contributed by atoms with E-state index in [0.717, 1.165) is 41.5 Å². The molecule has 1 aromatic carbocycles. The quantitative estimate of drug-likeness (QED) is 0.764. The summed E-state index contributed by atoms with van der Waals surface area (Å²) in [4.78, 5) is 19.1. The number of benzene rings is 1. The number of aromatic nitrogens is 1. The first kappa shape index (κ1) is 14.3. The molecule has 1 fully saturated rings. The Morgan fingerprint density at radius 2 is 1.95 bits per heavy atom. The highest BCUT2D eigenvalue weighted by Crippen LogP contribution is 2.34. The van der Waals surface area contributed by atoms with Crippen molar-refractivity contribution in [3.8, 4) is 0 Å². The van der Waals surface area contributed by atoms with Crippen LogP contribution in [-0.2, 0) is 0 Å². The van der Waals surface area contributed by atoms with Crippen molar-refractivity contribution in [2.75, 3.05) is 6.54 Å². The van der Waals surface area contributed by atoms with Crippen molar-refractivity contribution < 1.29 is 4.79 Å². The van der Waals surface area contributed by atoms with Gasteiger partial charge >= 0.3 is 0 Å². The minimum absolute atomic E-state index is 0.106. The summed E-state index contributed by atoms with van der Waals surface area (Å²) in [6.45, 7) is 0.805. The summed E-state index contributed by atoms with van der Waals surface area (Å²) in [5, 5.41) is 0. The van der Waals surface area contributed by atoms with E-state index < -0.39 is 0 Å². The van der Waals surface area contributed by atoms with Crippen LogP contribution in [0.15, 0.2) is 53.3 Å². The first-order valence-corrected chi connectivity index (χ1v) is 8.03. The second-order valence-electron chi connectivity index (χ2n) is 5.26. The molecule has 0 N–H and O–H groups in total. The summed E-state index contributed by atoms with van der Waals surface area (Å²) < 4.78 is 0.836. The largest absolute Gasteiger partial charge is 0.332 e. The lowest BCUT2D eigenvalue weighted by Gasteiger charge is -2.36. The number of carbonyl (C=O) groups excluding carboxylic acids is 1. The van der Waals surface area contributed by atoms with Crippen molar-refractivity contribution in [3.05, 3.63) is 64.4 Å². The van der Waals surface area contributed by atoms with E-state index in [4.69, 9.17) is 0 Å². The van der Waals surface area contributed by atoms with Crippen LogP contribution >= 0.6 is 15.9 Å². The standard InChI is InChI=1S/C17H17BrN2O/c18-16-14(9-6-11-19-16)15-10-4-5-12-20(15)17(21)13-7-2-1-3-8-13/h1-3,6-9,11,15H,4-5,10,12H2/t15-/m0/s1. The van der Waals surface area contributed by atoms with Gasteiger partial charge in [-0.25, -0.2) is 4.98 Å². The van der Waals surface area contributed by atoms with Crippen molar-refractivity contribution in [3.63, 3.8) is 0 Å². The number of likely N-dealkylation sites (tertiary alicyclic amines) is 1. The van der Waals surface area contributed by atoms with Gasteiger partial charge in [0, 0.05) is 23.9 Å². The highest BCUT2D eigenvalue weighted by atomic mass is 79.9. The van der Waals surface area contributed by atoms with Crippen LogP contribution < -0.4 is 0 Å². The molecular formula is C17H17BrN2O. The number of hydrogen-bond donors (Lipinski definition) is 0. The van der Waals surface area contributed by atoms with E-state index >= 15 is 0 Å². The highest BCUT2D eigenvalue weighted by molar-refractivity contribution is 9.10. The third-order valence-electron chi connectivity index (χ3n) is 3.93. The van der Waals surface area contributed by atoms with E-state index in [1.54, 1.807) is 6.20 Å². The zero-order valence-electron chi connectivity index (χ0n) is 11.7. The molecule has 1 aliphatic rings. The summed E-state index contributed by atoms with van der Waals surface area (Å²) in [6.07, 6.45) is 4.96. The molecule has 1 saturated heterocycles. The molecule has 0 spiro atoms. The number of hydrogen-bond acceptors (Lipinski definition) is 2. The van der Waals surface area contributed by atoms with E-state index in [1.807, 2.05) is 41.3 Å². The molecule has 1 aliphatic heterocycles. The van der Waals surface area contributed by atoms with Gasteiger partial charge in [0.2, 0.25) is 0 Å². The van der Waals surface area contributed by atoms with Crippen molar-refractivity contribution >= 4 is 21.8 Å². The molecule has 0 aliphatic carbocycles. The molecule has 2 heterocycles. The number of amides is 1. The minimum atomic E-state index is 0.106. The smallest absolute Gasteiger partial charge is 0.254 e. The van der Waals surface area contributed by atoms with Crippen LogP contribution in [0.25, 0.3) is 0 Å². The van der Waals surface area contributed by atoms with E-state index in [-0.39, 0.29) is 11.9 Å². The van der Waals surface area contributed by atoms with Crippen LogP contribution in [0.2, 0.25) is 0 Å². The molecular weight excluding hydrogens is 328 g/mol. The maximum atomic E-state index is 12.8.